The molecule has 1 aromatic heterocycles. The van der Waals surface area contributed by atoms with E-state index in [0.29, 0.717) is 22.3 Å². The molecule has 1 N–H and O–H groups in total. The predicted octanol–water partition coefficient (Wildman–Crippen LogP) is 2.89. The number of halogens is 1. The molecular weight excluding hydrogens is 252 g/mol. The molecule has 0 aliphatic rings. The number of aromatic nitrogens is 1. The van der Waals surface area contributed by atoms with Gasteiger partial charge in [-0.15, -0.1) is 0 Å². The molecular formula is C13H11ClN2O2. The SMILES string of the molecule is CNC(=O)c1cccc(Oc2cccc(Cl)n2)c1. The number of nitrogens with one attached hydrogen (secondary N) is 1. The molecule has 1 heterocycles. The molecule has 0 aliphatic heterocycles. The van der Waals surface area contributed by atoms with Crippen molar-refractivity contribution < 1.29 is 9.53 Å². The summed E-state index contributed by atoms with van der Waals surface area (Å²) in [5.41, 5.74) is 0.525. The van der Waals surface area contributed by atoms with Crippen LogP contribution in [0.15, 0.2) is 42.5 Å². The Kier molecular flexibility index (Phi) is 3.79. The molecule has 1 amide bonds. The Hall–Kier alpha value is -2.07. The number of ether oxygens (including phenoxy) is 1. The Bertz CT molecular complexity index is 572. The van der Waals surface area contributed by atoms with Crippen molar-refractivity contribution in [3.05, 3.63) is 53.2 Å². The fraction of sp³-hybridized carbons (Fsp3) is 0.0769. The molecule has 0 aliphatic carbocycles. The van der Waals surface area contributed by atoms with E-state index < -0.39 is 0 Å². The van der Waals surface area contributed by atoms with Crippen molar-refractivity contribution in [2.75, 3.05) is 7.05 Å². The fourth-order valence-corrected chi connectivity index (χ4v) is 1.57. The minimum atomic E-state index is -0.167. The monoisotopic (exact) mass is 262 g/mol. The summed E-state index contributed by atoms with van der Waals surface area (Å²) in [6.45, 7) is 0. The van der Waals surface area contributed by atoms with Crippen LogP contribution in [-0.2, 0) is 0 Å². The number of hydrogen-bond donors (Lipinski definition) is 1. The maximum Gasteiger partial charge on any atom is 0.251 e. The smallest absolute Gasteiger partial charge is 0.251 e. The summed E-state index contributed by atoms with van der Waals surface area (Å²) in [6.07, 6.45) is 0. The lowest BCUT2D eigenvalue weighted by molar-refractivity contribution is 0.0963. The summed E-state index contributed by atoms with van der Waals surface area (Å²) in [5, 5.41) is 2.91. The van der Waals surface area contributed by atoms with Gasteiger partial charge in [0.15, 0.2) is 0 Å². The lowest BCUT2D eigenvalue weighted by Gasteiger charge is -2.06. The molecule has 0 fully saturated rings. The zero-order valence-electron chi connectivity index (χ0n) is 9.68. The van der Waals surface area contributed by atoms with Crippen molar-refractivity contribution in [1.29, 1.82) is 0 Å². The quantitative estimate of drug-likeness (QED) is 0.866. The van der Waals surface area contributed by atoms with Gasteiger partial charge in [0.2, 0.25) is 5.88 Å². The predicted molar refractivity (Wildman–Crippen MR) is 69.2 cm³/mol. The molecule has 5 heteroatoms. The molecule has 1 aromatic carbocycles. The van der Waals surface area contributed by atoms with Gasteiger partial charge in [0, 0.05) is 18.7 Å². The molecule has 0 bridgehead atoms. The van der Waals surface area contributed by atoms with Crippen LogP contribution < -0.4 is 10.1 Å². The third-order valence-corrected chi connectivity index (χ3v) is 2.45. The Morgan fingerprint density at radius 3 is 2.78 bits per heavy atom. The Morgan fingerprint density at radius 2 is 2.06 bits per heavy atom. The first-order chi connectivity index (χ1) is 8.69. The topological polar surface area (TPSA) is 51.2 Å². The summed E-state index contributed by atoms with van der Waals surface area (Å²) in [5.74, 6) is 0.752. The van der Waals surface area contributed by atoms with Gasteiger partial charge in [-0.05, 0) is 24.3 Å². The van der Waals surface area contributed by atoms with Crippen molar-refractivity contribution in [2.45, 2.75) is 0 Å². The number of carbonyl (C=O) groups is 1. The van der Waals surface area contributed by atoms with Crippen LogP contribution in [0.4, 0.5) is 0 Å². The van der Waals surface area contributed by atoms with Crippen molar-refractivity contribution in [1.82, 2.24) is 10.3 Å². The van der Waals surface area contributed by atoms with Crippen molar-refractivity contribution in [2.24, 2.45) is 0 Å². The van der Waals surface area contributed by atoms with E-state index in [0.717, 1.165) is 0 Å². The van der Waals surface area contributed by atoms with Crippen molar-refractivity contribution in [3.63, 3.8) is 0 Å². The van der Waals surface area contributed by atoms with Gasteiger partial charge < -0.3 is 10.1 Å². The second-order valence-corrected chi connectivity index (χ2v) is 3.89. The summed E-state index contributed by atoms with van der Waals surface area (Å²) in [7, 11) is 1.58. The third-order valence-electron chi connectivity index (χ3n) is 2.24. The summed E-state index contributed by atoms with van der Waals surface area (Å²) < 4.78 is 5.52. The fourth-order valence-electron chi connectivity index (χ4n) is 1.41. The number of pyridine rings is 1. The maximum absolute atomic E-state index is 11.5. The summed E-state index contributed by atoms with van der Waals surface area (Å²) in [4.78, 5) is 15.5. The first kappa shape index (κ1) is 12.4. The van der Waals surface area contributed by atoms with Gasteiger partial charge >= 0.3 is 0 Å². The van der Waals surface area contributed by atoms with Gasteiger partial charge in [0.25, 0.3) is 5.91 Å². The number of amides is 1. The number of nitrogens with zero attached hydrogens (tertiary/aromatic N) is 1. The van der Waals surface area contributed by atoms with E-state index in [9.17, 15) is 4.79 Å². The molecule has 2 aromatic rings. The lowest BCUT2D eigenvalue weighted by Crippen LogP contribution is -2.17. The van der Waals surface area contributed by atoms with E-state index in [4.69, 9.17) is 16.3 Å². The average molecular weight is 263 g/mol. The van der Waals surface area contributed by atoms with Crippen LogP contribution in [-0.4, -0.2) is 17.9 Å². The van der Waals surface area contributed by atoms with Gasteiger partial charge in [-0.2, -0.15) is 0 Å². The molecule has 92 valence electrons. The van der Waals surface area contributed by atoms with E-state index in [1.807, 2.05) is 0 Å². The van der Waals surface area contributed by atoms with Crippen LogP contribution >= 0.6 is 11.6 Å². The summed E-state index contributed by atoms with van der Waals surface area (Å²) >= 11 is 5.76. The van der Waals surface area contributed by atoms with E-state index in [1.54, 1.807) is 49.5 Å². The highest BCUT2D eigenvalue weighted by molar-refractivity contribution is 6.29. The Balaban J connectivity index is 2.22. The normalized spacial score (nSPS) is 9.89. The van der Waals surface area contributed by atoms with E-state index in [1.165, 1.54) is 0 Å². The number of rotatable bonds is 3. The van der Waals surface area contributed by atoms with Gasteiger partial charge in [0.05, 0.1) is 0 Å². The van der Waals surface area contributed by atoms with E-state index >= 15 is 0 Å². The second kappa shape index (κ2) is 5.51. The van der Waals surface area contributed by atoms with Crippen LogP contribution in [0.1, 0.15) is 10.4 Å². The van der Waals surface area contributed by atoms with E-state index in [2.05, 4.69) is 10.3 Å². The van der Waals surface area contributed by atoms with E-state index in [-0.39, 0.29) is 5.91 Å². The molecule has 0 spiro atoms. The van der Waals surface area contributed by atoms with Gasteiger partial charge in [0.1, 0.15) is 10.9 Å². The minimum absolute atomic E-state index is 0.167. The first-order valence-corrected chi connectivity index (χ1v) is 5.69. The number of hydrogen-bond acceptors (Lipinski definition) is 3. The molecule has 4 nitrogen and oxygen atoms in total. The molecule has 0 atom stereocenters. The molecule has 0 unspecified atom stereocenters. The maximum atomic E-state index is 11.5. The number of benzene rings is 1. The number of carbonyl (C=O) groups excluding carboxylic acids is 1. The lowest BCUT2D eigenvalue weighted by atomic mass is 10.2. The standard InChI is InChI=1S/C13H11ClN2O2/c1-15-13(17)9-4-2-5-10(8-9)18-12-7-3-6-11(14)16-12/h2-8H,1H3,(H,15,17). The first-order valence-electron chi connectivity index (χ1n) is 5.31. The van der Waals surface area contributed by atoms with Crippen molar-refractivity contribution >= 4 is 17.5 Å². The highest BCUT2D eigenvalue weighted by Gasteiger charge is 2.05. The molecule has 0 saturated heterocycles. The largest absolute Gasteiger partial charge is 0.439 e. The van der Waals surface area contributed by atoms with Crippen LogP contribution in [0.5, 0.6) is 11.6 Å². The highest BCUT2D eigenvalue weighted by Crippen LogP contribution is 2.21. The highest BCUT2D eigenvalue weighted by atomic mass is 35.5. The molecule has 0 radical (unpaired) electrons. The van der Waals surface area contributed by atoms with Gasteiger partial charge in [-0.1, -0.05) is 23.7 Å². The Labute approximate surface area is 110 Å². The Morgan fingerprint density at radius 1 is 1.28 bits per heavy atom. The van der Waals surface area contributed by atoms with Crippen LogP contribution in [0, 0.1) is 0 Å². The average Bonchev–Trinajstić information content (AvgIpc) is 2.38. The summed E-state index contributed by atoms with van der Waals surface area (Å²) in [6, 6.07) is 11.9. The van der Waals surface area contributed by atoms with Crippen LogP contribution in [0.25, 0.3) is 0 Å². The molecule has 2 rings (SSSR count). The van der Waals surface area contributed by atoms with Gasteiger partial charge in [-0.3, -0.25) is 4.79 Å². The molecule has 0 saturated carbocycles. The molecule has 18 heavy (non-hydrogen) atoms. The zero-order valence-corrected chi connectivity index (χ0v) is 10.4. The van der Waals surface area contributed by atoms with Crippen molar-refractivity contribution in [3.8, 4) is 11.6 Å². The minimum Gasteiger partial charge on any atom is -0.439 e. The second-order valence-electron chi connectivity index (χ2n) is 3.51. The van der Waals surface area contributed by atoms with Crippen LogP contribution in [0.2, 0.25) is 5.15 Å². The van der Waals surface area contributed by atoms with Crippen LogP contribution in [0.3, 0.4) is 0 Å². The van der Waals surface area contributed by atoms with Gasteiger partial charge in [-0.25, -0.2) is 4.98 Å². The zero-order chi connectivity index (χ0) is 13.0. The third kappa shape index (κ3) is 2.99.